The molecule has 19 heavy (non-hydrogen) atoms. The van der Waals surface area contributed by atoms with Gasteiger partial charge in [-0.3, -0.25) is 0 Å². The van der Waals surface area contributed by atoms with Crippen molar-refractivity contribution in [1.82, 2.24) is 10.3 Å². The summed E-state index contributed by atoms with van der Waals surface area (Å²) in [6, 6.07) is 8.13. The second-order valence-electron chi connectivity index (χ2n) is 4.27. The number of aryl methyl sites for hydroxylation is 1. The van der Waals surface area contributed by atoms with Crippen LogP contribution in [-0.2, 0) is 6.54 Å². The maximum absolute atomic E-state index is 5.53. The minimum atomic E-state index is 0.687. The number of benzene rings is 1. The van der Waals surface area contributed by atoms with Crippen LogP contribution in [0.25, 0.3) is 10.6 Å². The van der Waals surface area contributed by atoms with Crippen LogP contribution in [0.3, 0.4) is 0 Å². The van der Waals surface area contributed by atoms with Gasteiger partial charge in [0, 0.05) is 17.0 Å². The monoisotopic (exact) mass is 276 g/mol. The first-order chi connectivity index (χ1) is 9.24. The van der Waals surface area contributed by atoms with Crippen LogP contribution in [0.2, 0.25) is 0 Å². The summed E-state index contributed by atoms with van der Waals surface area (Å²) >= 11 is 1.75. The molecule has 1 N–H and O–H groups in total. The summed E-state index contributed by atoms with van der Waals surface area (Å²) in [4.78, 5) is 5.96. The summed E-state index contributed by atoms with van der Waals surface area (Å²) < 4.78 is 5.53. The van der Waals surface area contributed by atoms with Crippen molar-refractivity contribution in [2.75, 3.05) is 13.2 Å². The fourth-order valence-electron chi connectivity index (χ4n) is 1.84. The summed E-state index contributed by atoms with van der Waals surface area (Å²) in [7, 11) is 0. The molecule has 0 aliphatic carbocycles. The molecule has 0 unspecified atom stereocenters. The topological polar surface area (TPSA) is 34.1 Å². The van der Waals surface area contributed by atoms with E-state index in [1.807, 2.05) is 19.1 Å². The molecule has 2 rings (SSSR count). The first-order valence-electron chi connectivity index (χ1n) is 6.64. The van der Waals surface area contributed by atoms with Gasteiger partial charge < -0.3 is 10.1 Å². The number of aromatic nitrogens is 1. The van der Waals surface area contributed by atoms with Gasteiger partial charge in [0.1, 0.15) is 10.8 Å². The van der Waals surface area contributed by atoms with Crippen molar-refractivity contribution in [3.63, 3.8) is 0 Å². The summed E-state index contributed by atoms with van der Waals surface area (Å²) in [6.45, 7) is 8.74. The molecular formula is C15H20N2OS. The summed E-state index contributed by atoms with van der Waals surface area (Å²) in [5.74, 6) is 0.904. The van der Waals surface area contributed by atoms with Crippen LogP contribution in [0.1, 0.15) is 24.4 Å². The van der Waals surface area contributed by atoms with Crippen molar-refractivity contribution in [3.8, 4) is 16.3 Å². The van der Waals surface area contributed by atoms with E-state index in [4.69, 9.17) is 4.74 Å². The Labute approximate surface area is 118 Å². The van der Waals surface area contributed by atoms with Gasteiger partial charge in [0.25, 0.3) is 0 Å². The molecule has 0 bridgehead atoms. The van der Waals surface area contributed by atoms with Gasteiger partial charge in [-0.15, -0.1) is 11.3 Å². The van der Waals surface area contributed by atoms with Crippen molar-refractivity contribution in [2.24, 2.45) is 0 Å². The molecule has 1 heterocycles. The second-order valence-corrected chi connectivity index (χ2v) is 5.35. The zero-order valence-corrected chi connectivity index (χ0v) is 12.5. The Balaban J connectivity index is 2.23. The average Bonchev–Trinajstić information content (AvgIpc) is 2.79. The lowest BCUT2D eigenvalue weighted by atomic mass is 10.2. The molecule has 0 saturated heterocycles. The van der Waals surface area contributed by atoms with Crippen LogP contribution in [0.5, 0.6) is 5.75 Å². The van der Waals surface area contributed by atoms with Crippen molar-refractivity contribution >= 4 is 11.3 Å². The van der Waals surface area contributed by atoms with Crippen LogP contribution in [0.15, 0.2) is 24.3 Å². The highest BCUT2D eigenvalue weighted by Gasteiger charge is 2.09. The number of hydrogen-bond acceptors (Lipinski definition) is 4. The van der Waals surface area contributed by atoms with E-state index in [1.54, 1.807) is 11.3 Å². The second kappa shape index (κ2) is 6.68. The van der Waals surface area contributed by atoms with E-state index in [2.05, 4.69) is 36.3 Å². The third-order valence-electron chi connectivity index (χ3n) is 2.82. The Bertz CT molecular complexity index is 537. The predicted octanol–water partition coefficient (Wildman–Crippen LogP) is 3.63. The summed E-state index contributed by atoms with van der Waals surface area (Å²) in [5.41, 5.74) is 2.24. The third-order valence-corrected chi connectivity index (χ3v) is 4.03. The van der Waals surface area contributed by atoms with Gasteiger partial charge in [0.15, 0.2) is 0 Å². The Kier molecular flexibility index (Phi) is 4.93. The molecule has 0 aliphatic rings. The van der Waals surface area contributed by atoms with E-state index in [0.29, 0.717) is 6.61 Å². The van der Waals surface area contributed by atoms with Gasteiger partial charge in [-0.05, 0) is 32.5 Å². The Hall–Kier alpha value is -1.39. The molecule has 1 aromatic heterocycles. The highest BCUT2D eigenvalue weighted by Crippen LogP contribution is 2.30. The first kappa shape index (κ1) is 14.0. The molecule has 2 aromatic rings. The fourth-order valence-corrected chi connectivity index (χ4v) is 2.87. The highest BCUT2D eigenvalue weighted by atomic mass is 32.1. The maximum Gasteiger partial charge on any atom is 0.124 e. The van der Waals surface area contributed by atoms with Gasteiger partial charge in [-0.25, -0.2) is 4.98 Å². The Morgan fingerprint density at radius 3 is 2.89 bits per heavy atom. The Morgan fingerprint density at radius 1 is 1.32 bits per heavy atom. The van der Waals surface area contributed by atoms with Gasteiger partial charge in [0.2, 0.25) is 0 Å². The van der Waals surface area contributed by atoms with Crippen molar-refractivity contribution < 1.29 is 4.74 Å². The molecule has 0 saturated carbocycles. The molecule has 0 amide bonds. The number of nitrogens with zero attached hydrogens (tertiary/aromatic N) is 1. The van der Waals surface area contributed by atoms with Crippen LogP contribution in [0.4, 0.5) is 0 Å². The predicted molar refractivity (Wildman–Crippen MR) is 80.8 cm³/mol. The third kappa shape index (κ3) is 3.55. The number of thiazole rings is 1. The van der Waals surface area contributed by atoms with Gasteiger partial charge in [-0.1, -0.05) is 19.1 Å². The lowest BCUT2D eigenvalue weighted by Crippen LogP contribution is -2.11. The van der Waals surface area contributed by atoms with E-state index in [9.17, 15) is 0 Å². The van der Waals surface area contributed by atoms with E-state index >= 15 is 0 Å². The zero-order chi connectivity index (χ0) is 13.7. The normalized spacial score (nSPS) is 10.7. The quantitative estimate of drug-likeness (QED) is 0.875. The number of nitrogens with one attached hydrogen (secondary N) is 1. The number of rotatable bonds is 6. The lowest BCUT2D eigenvalue weighted by Gasteiger charge is -2.03. The average molecular weight is 276 g/mol. The maximum atomic E-state index is 5.53. The molecule has 1 aromatic carbocycles. The molecule has 3 nitrogen and oxygen atoms in total. The molecule has 0 radical (unpaired) electrons. The van der Waals surface area contributed by atoms with Crippen LogP contribution in [0, 0.1) is 6.92 Å². The zero-order valence-electron chi connectivity index (χ0n) is 11.7. The van der Waals surface area contributed by atoms with Gasteiger partial charge >= 0.3 is 0 Å². The lowest BCUT2D eigenvalue weighted by molar-refractivity contribution is 0.340. The SMILES string of the molecule is CCNCc1sc(-c2cccc(OCC)c2)nc1C. The fraction of sp³-hybridized carbons (Fsp3) is 0.400. The van der Waals surface area contributed by atoms with Crippen LogP contribution < -0.4 is 10.1 Å². The largest absolute Gasteiger partial charge is 0.494 e. The molecule has 0 fully saturated rings. The standard InChI is InChI=1S/C15H20N2OS/c1-4-16-10-14-11(3)17-15(19-14)12-7-6-8-13(9-12)18-5-2/h6-9,16H,4-5,10H2,1-3H3. The van der Waals surface area contributed by atoms with Crippen molar-refractivity contribution in [3.05, 3.63) is 34.8 Å². The molecule has 4 heteroatoms. The Morgan fingerprint density at radius 2 is 2.16 bits per heavy atom. The highest BCUT2D eigenvalue weighted by molar-refractivity contribution is 7.15. The summed E-state index contributed by atoms with van der Waals surface area (Å²) in [6.07, 6.45) is 0. The van der Waals surface area contributed by atoms with Crippen LogP contribution in [-0.4, -0.2) is 18.1 Å². The molecular weight excluding hydrogens is 256 g/mol. The van der Waals surface area contributed by atoms with Crippen LogP contribution >= 0.6 is 11.3 Å². The smallest absolute Gasteiger partial charge is 0.124 e. The molecule has 102 valence electrons. The van der Waals surface area contributed by atoms with E-state index in [1.165, 1.54) is 4.88 Å². The minimum Gasteiger partial charge on any atom is -0.494 e. The molecule has 0 aliphatic heterocycles. The van der Waals surface area contributed by atoms with E-state index in [-0.39, 0.29) is 0 Å². The van der Waals surface area contributed by atoms with E-state index in [0.717, 1.165) is 35.1 Å². The summed E-state index contributed by atoms with van der Waals surface area (Å²) in [5, 5.41) is 4.41. The number of hydrogen-bond donors (Lipinski definition) is 1. The van der Waals surface area contributed by atoms with E-state index < -0.39 is 0 Å². The molecule has 0 spiro atoms. The minimum absolute atomic E-state index is 0.687. The molecule has 0 atom stereocenters. The van der Waals surface area contributed by atoms with Gasteiger partial charge in [-0.2, -0.15) is 0 Å². The van der Waals surface area contributed by atoms with Crippen molar-refractivity contribution in [1.29, 1.82) is 0 Å². The first-order valence-corrected chi connectivity index (χ1v) is 7.46. The van der Waals surface area contributed by atoms with Gasteiger partial charge in [0.05, 0.1) is 12.3 Å². The van der Waals surface area contributed by atoms with Crippen molar-refractivity contribution in [2.45, 2.75) is 27.3 Å². The number of ether oxygens (including phenoxy) is 1.